The zero-order chi connectivity index (χ0) is 21.7. The lowest BCUT2D eigenvalue weighted by Crippen LogP contribution is -3.13. The average molecular weight is 431 g/mol. The molecule has 0 aliphatic carbocycles. The molecular formula is C22H32N5O2S+. The molecule has 0 spiro atoms. The van der Waals surface area contributed by atoms with Crippen LogP contribution in [-0.4, -0.2) is 53.1 Å². The Kier molecular flexibility index (Phi) is 7.20. The number of carbonyl (C=O) groups excluding carboxylic acids is 2. The fraction of sp³-hybridized carbons (Fsp3) is 0.545. The van der Waals surface area contributed by atoms with E-state index < -0.39 is 0 Å². The first-order valence-electron chi connectivity index (χ1n) is 10.5. The summed E-state index contributed by atoms with van der Waals surface area (Å²) in [4.78, 5) is 28.1. The van der Waals surface area contributed by atoms with E-state index in [1.54, 1.807) is 0 Å². The Labute approximate surface area is 182 Å². The van der Waals surface area contributed by atoms with Gasteiger partial charge in [0.25, 0.3) is 0 Å². The maximum atomic E-state index is 12.5. The van der Waals surface area contributed by atoms with Gasteiger partial charge >= 0.3 is 0 Å². The molecule has 2 amide bonds. The van der Waals surface area contributed by atoms with Crippen LogP contribution in [0, 0.1) is 6.92 Å². The first-order chi connectivity index (χ1) is 14.2. The predicted octanol–water partition coefficient (Wildman–Crippen LogP) is 1.79. The minimum Gasteiger partial charge on any atom is -0.331 e. The summed E-state index contributed by atoms with van der Waals surface area (Å²) in [5.41, 5.74) is 2.51. The second-order valence-corrected chi connectivity index (χ2v) is 9.98. The normalized spacial score (nSPS) is 15.3. The molecule has 3 rings (SSSR count). The second-order valence-electron chi connectivity index (χ2n) is 9.00. The third-order valence-corrected chi connectivity index (χ3v) is 6.54. The van der Waals surface area contributed by atoms with Crippen LogP contribution >= 0.6 is 11.3 Å². The van der Waals surface area contributed by atoms with E-state index in [0.29, 0.717) is 5.13 Å². The zero-order valence-electron chi connectivity index (χ0n) is 18.3. The highest BCUT2D eigenvalue weighted by Gasteiger charge is 2.24. The van der Waals surface area contributed by atoms with Crippen LogP contribution in [0.4, 0.5) is 5.13 Å². The predicted molar refractivity (Wildman–Crippen MR) is 119 cm³/mol. The van der Waals surface area contributed by atoms with Gasteiger partial charge in [-0.1, -0.05) is 61.9 Å². The highest BCUT2D eigenvalue weighted by atomic mass is 32.1. The molecule has 1 aromatic heterocycles. The summed E-state index contributed by atoms with van der Waals surface area (Å²) in [7, 11) is 0. The van der Waals surface area contributed by atoms with Gasteiger partial charge in [-0.25, -0.2) is 0 Å². The van der Waals surface area contributed by atoms with Crippen LogP contribution in [-0.2, 0) is 21.5 Å². The minimum absolute atomic E-state index is 0.0483. The number of benzene rings is 1. The second kappa shape index (κ2) is 9.66. The number of nitrogens with zero attached hydrogens (tertiary/aromatic N) is 3. The van der Waals surface area contributed by atoms with Gasteiger partial charge in [0.1, 0.15) is 11.6 Å². The zero-order valence-corrected chi connectivity index (χ0v) is 19.1. The first-order valence-corrected chi connectivity index (χ1v) is 11.3. The van der Waals surface area contributed by atoms with Gasteiger partial charge in [-0.3, -0.25) is 9.59 Å². The van der Waals surface area contributed by atoms with Gasteiger partial charge in [-0.2, -0.15) is 0 Å². The fourth-order valence-corrected chi connectivity index (χ4v) is 4.20. The van der Waals surface area contributed by atoms with Crippen molar-refractivity contribution in [2.24, 2.45) is 0 Å². The lowest BCUT2D eigenvalue weighted by Gasteiger charge is -2.32. The number of amides is 2. The van der Waals surface area contributed by atoms with Crippen molar-refractivity contribution in [3.05, 3.63) is 40.4 Å². The van der Waals surface area contributed by atoms with Crippen molar-refractivity contribution < 1.29 is 14.5 Å². The molecule has 2 N–H and O–H groups in total. The number of hydrogen-bond donors (Lipinski definition) is 2. The van der Waals surface area contributed by atoms with Crippen LogP contribution in [0.3, 0.4) is 0 Å². The summed E-state index contributed by atoms with van der Waals surface area (Å²) in [5.74, 6) is -0.143. The molecule has 0 unspecified atom stereocenters. The number of nitrogens with one attached hydrogen (secondary N) is 2. The van der Waals surface area contributed by atoms with Crippen molar-refractivity contribution in [2.75, 3.05) is 31.5 Å². The highest BCUT2D eigenvalue weighted by Crippen LogP contribution is 2.27. The van der Waals surface area contributed by atoms with Crippen molar-refractivity contribution in [1.82, 2.24) is 15.1 Å². The van der Waals surface area contributed by atoms with Crippen molar-refractivity contribution in [1.29, 1.82) is 0 Å². The van der Waals surface area contributed by atoms with Crippen molar-refractivity contribution >= 4 is 28.3 Å². The Morgan fingerprint density at radius 3 is 2.37 bits per heavy atom. The SMILES string of the molecule is Cc1ccc(C[NH+]2CCN(C(=O)CCC(=O)Nc3nnc(C(C)(C)C)s3)CC2)cc1. The molecule has 1 fully saturated rings. The maximum absolute atomic E-state index is 12.5. The van der Waals surface area contributed by atoms with E-state index in [1.807, 2.05) is 4.90 Å². The van der Waals surface area contributed by atoms with E-state index in [1.165, 1.54) is 27.4 Å². The first kappa shape index (κ1) is 22.4. The van der Waals surface area contributed by atoms with Crippen LogP contribution in [0.5, 0.6) is 0 Å². The van der Waals surface area contributed by atoms with Gasteiger partial charge in [-0.15, -0.1) is 10.2 Å². The number of rotatable bonds is 6. The van der Waals surface area contributed by atoms with E-state index in [9.17, 15) is 9.59 Å². The van der Waals surface area contributed by atoms with Crippen LogP contribution in [0.1, 0.15) is 49.7 Å². The summed E-state index contributed by atoms with van der Waals surface area (Å²) in [6.45, 7) is 12.6. The van der Waals surface area contributed by atoms with E-state index in [4.69, 9.17) is 0 Å². The van der Waals surface area contributed by atoms with Crippen LogP contribution in [0.2, 0.25) is 0 Å². The molecule has 2 heterocycles. The molecule has 7 nitrogen and oxygen atoms in total. The summed E-state index contributed by atoms with van der Waals surface area (Å²) in [6.07, 6.45) is 0.393. The Morgan fingerprint density at radius 1 is 1.10 bits per heavy atom. The number of quaternary nitrogens is 1. The van der Waals surface area contributed by atoms with E-state index in [0.717, 1.165) is 37.7 Å². The molecule has 1 aromatic carbocycles. The van der Waals surface area contributed by atoms with Gasteiger partial charge in [0.2, 0.25) is 16.9 Å². The molecule has 1 saturated heterocycles. The number of hydrogen-bond acceptors (Lipinski definition) is 5. The van der Waals surface area contributed by atoms with Crippen LogP contribution in [0.15, 0.2) is 24.3 Å². The summed E-state index contributed by atoms with van der Waals surface area (Å²) in [5, 5.41) is 12.3. The Bertz CT molecular complexity index is 864. The largest absolute Gasteiger partial charge is 0.331 e. The molecule has 0 radical (unpaired) electrons. The smallest absolute Gasteiger partial charge is 0.226 e. The van der Waals surface area contributed by atoms with Crippen molar-refractivity contribution in [3.63, 3.8) is 0 Å². The number of carbonyl (C=O) groups is 2. The average Bonchev–Trinajstić information content (AvgIpc) is 3.17. The van der Waals surface area contributed by atoms with Crippen LogP contribution in [0.25, 0.3) is 0 Å². The molecular weight excluding hydrogens is 398 g/mol. The molecule has 1 aliphatic rings. The third-order valence-electron chi connectivity index (χ3n) is 5.28. The van der Waals surface area contributed by atoms with Gasteiger partial charge < -0.3 is 15.1 Å². The quantitative estimate of drug-likeness (QED) is 0.732. The van der Waals surface area contributed by atoms with E-state index in [2.05, 4.69) is 67.5 Å². The van der Waals surface area contributed by atoms with Crippen molar-refractivity contribution in [2.45, 2.75) is 52.5 Å². The van der Waals surface area contributed by atoms with Crippen LogP contribution < -0.4 is 10.2 Å². The molecule has 0 bridgehead atoms. The number of piperazine rings is 1. The molecule has 1 aliphatic heterocycles. The molecule has 8 heteroatoms. The van der Waals surface area contributed by atoms with Crippen molar-refractivity contribution in [3.8, 4) is 0 Å². The fourth-order valence-electron chi connectivity index (χ4n) is 3.38. The highest BCUT2D eigenvalue weighted by molar-refractivity contribution is 7.15. The number of aryl methyl sites for hydroxylation is 1. The van der Waals surface area contributed by atoms with Gasteiger partial charge in [0, 0.05) is 23.8 Å². The summed E-state index contributed by atoms with van der Waals surface area (Å²) in [6, 6.07) is 8.65. The van der Waals surface area contributed by atoms with Gasteiger partial charge in [-0.05, 0) is 6.92 Å². The lowest BCUT2D eigenvalue weighted by molar-refractivity contribution is -0.917. The topological polar surface area (TPSA) is 79.6 Å². The number of aromatic nitrogens is 2. The molecule has 162 valence electrons. The molecule has 0 saturated carbocycles. The van der Waals surface area contributed by atoms with Gasteiger partial charge in [0.15, 0.2) is 0 Å². The minimum atomic E-state index is -0.191. The van der Waals surface area contributed by atoms with E-state index >= 15 is 0 Å². The standard InChI is InChI=1S/C22H31N5O2S/c1-16-5-7-17(8-6-16)15-26-11-13-27(14-12-26)19(29)10-9-18(28)23-21-25-24-20(30-21)22(2,3)4/h5-8H,9-15H2,1-4H3,(H,23,25,28)/p+1. The summed E-state index contributed by atoms with van der Waals surface area (Å²) < 4.78 is 0. The van der Waals surface area contributed by atoms with E-state index in [-0.39, 0.29) is 30.1 Å². The van der Waals surface area contributed by atoms with Gasteiger partial charge in [0.05, 0.1) is 26.2 Å². The molecule has 0 atom stereocenters. The Hall–Kier alpha value is -2.32. The lowest BCUT2D eigenvalue weighted by atomic mass is 9.98. The molecule has 30 heavy (non-hydrogen) atoms. The third kappa shape index (κ3) is 6.34. The number of anilines is 1. The molecule has 2 aromatic rings. The monoisotopic (exact) mass is 430 g/mol. The summed E-state index contributed by atoms with van der Waals surface area (Å²) >= 11 is 1.38. The maximum Gasteiger partial charge on any atom is 0.226 e. The Balaban J connectivity index is 1.38. The Morgan fingerprint density at radius 2 is 1.77 bits per heavy atom.